The first-order chi connectivity index (χ1) is 13.4. The highest BCUT2D eigenvalue weighted by atomic mass is 16.3. The van der Waals surface area contributed by atoms with Gasteiger partial charge in [-0.1, -0.05) is 18.2 Å². The largest absolute Gasteiger partial charge is 0.459 e. The Labute approximate surface area is 165 Å². The summed E-state index contributed by atoms with van der Waals surface area (Å²) in [5.41, 5.74) is 2.12. The second-order valence-corrected chi connectivity index (χ2v) is 8.36. The van der Waals surface area contributed by atoms with Gasteiger partial charge in [-0.25, -0.2) is 0 Å². The summed E-state index contributed by atoms with van der Waals surface area (Å²) in [6.45, 7) is 8.44. The van der Waals surface area contributed by atoms with Crippen LogP contribution in [0.1, 0.15) is 44.4 Å². The van der Waals surface area contributed by atoms with E-state index in [-0.39, 0.29) is 23.4 Å². The minimum atomic E-state index is 0.00445. The number of nitrogens with zero attached hydrogens (tertiary/aromatic N) is 2. The molecule has 0 aliphatic carbocycles. The van der Waals surface area contributed by atoms with Gasteiger partial charge in [0.2, 0.25) is 11.8 Å². The molecule has 1 aromatic heterocycles. The van der Waals surface area contributed by atoms with Crippen LogP contribution >= 0.6 is 0 Å². The highest BCUT2D eigenvalue weighted by Gasteiger charge is 2.47. The zero-order chi connectivity index (χ0) is 19.9. The number of hydrogen-bond acceptors (Lipinski definition) is 4. The van der Waals surface area contributed by atoms with Crippen LogP contribution in [0, 0.1) is 6.92 Å². The van der Waals surface area contributed by atoms with E-state index in [9.17, 15) is 9.59 Å². The Bertz CT molecular complexity index is 896. The number of likely N-dealkylation sites (tertiary alicyclic amines) is 2. The van der Waals surface area contributed by atoms with E-state index in [2.05, 4.69) is 23.2 Å². The molecule has 2 aliphatic rings. The molecule has 28 heavy (non-hydrogen) atoms. The predicted molar refractivity (Wildman–Crippen MR) is 108 cm³/mol. The van der Waals surface area contributed by atoms with Gasteiger partial charge in [0.25, 0.3) is 0 Å². The molecule has 1 spiro atoms. The zero-order valence-electron chi connectivity index (χ0n) is 17.0. The van der Waals surface area contributed by atoms with E-state index in [4.69, 9.17) is 4.42 Å². The van der Waals surface area contributed by atoms with Crippen molar-refractivity contribution >= 4 is 22.8 Å². The van der Waals surface area contributed by atoms with Gasteiger partial charge in [0.15, 0.2) is 0 Å². The molecule has 4 rings (SSSR count). The van der Waals surface area contributed by atoms with E-state index >= 15 is 0 Å². The van der Waals surface area contributed by atoms with E-state index in [0.29, 0.717) is 0 Å². The average Bonchev–Trinajstić information content (AvgIpc) is 3.13. The van der Waals surface area contributed by atoms with Crippen LogP contribution < -0.4 is 5.32 Å². The Kier molecular flexibility index (Phi) is 4.91. The molecule has 2 amide bonds. The molecule has 2 fully saturated rings. The number of fused-ring (bicyclic) bond motifs is 1. The Hall–Kier alpha value is -2.34. The number of carbonyl (C=O) groups is 2. The number of carbonyl (C=O) groups excluding carboxylic acids is 2. The van der Waals surface area contributed by atoms with Crippen LogP contribution in [-0.4, -0.2) is 52.8 Å². The summed E-state index contributed by atoms with van der Waals surface area (Å²) in [4.78, 5) is 27.8. The molecule has 0 unspecified atom stereocenters. The first-order valence-electron chi connectivity index (χ1n) is 10.1. The highest BCUT2D eigenvalue weighted by Crippen LogP contribution is 2.40. The fraction of sp³-hybridized carbons (Fsp3) is 0.545. The maximum Gasteiger partial charge on any atom is 0.219 e. The maximum atomic E-state index is 11.8. The van der Waals surface area contributed by atoms with Crippen molar-refractivity contribution in [1.82, 2.24) is 15.1 Å². The van der Waals surface area contributed by atoms with Crippen molar-refractivity contribution in [3.63, 3.8) is 0 Å². The third-order valence-corrected chi connectivity index (χ3v) is 6.56. The lowest BCUT2D eigenvalue weighted by molar-refractivity contribution is -0.131. The summed E-state index contributed by atoms with van der Waals surface area (Å²) in [6.07, 6.45) is 2.79. The molecule has 1 N–H and O–H groups in total. The Balaban J connectivity index is 1.59. The maximum absolute atomic E-state index is 11.8. The fourth-order valence-electron chi connectivity index (χ4n) is 5.04. The molecule has 1 atom stereocenters. The normalized spacial score (nSPS) is 22.1. The summed E-state index contributed by atoms with van der Waals surface area (Å²) in [5, 5.41) is 4.28. The zero-order valence-corrected chi connectivity index (χ0v) is 17.0. The molecule has 1 aromatic carbocycles. The second-order valence-electron chi connectivity index (χ2n) is 8.36. The third kappa shape index (κ3) is 3.41. The van der Waals surface area contributed by atoms with Crippen molar-refractivity contribution < 1.29 is 14.0 Å². The number of nitrogens with one attached hydrogen (secondary N) is 1. The number of para-hydroxylation sites is 1. The van der Waals surface area contributed by atoms with Gasteiger partial charge in [0.05, 0.1) is 6.54 Å². The molecule has 0 bridgehead atoms. The first-order valence-corrected chi connectivity index (χ1v) is 10.1. The van der Waals surface area contributed by atoms with Crippen molar-refractivity contribution in [2.45, 2.75) is 58.2 Å². The van der Waals surface area contributed by atoms with Crippen LogP contribution in [0.5, 0.6) is 0 Å². The van der Waals surface area contributed by atoms with Crippen molar-refractivity contribution in [3.8, 4) is 0 Å². The number of benzene rings is 1. The number of piperidine rings is 1. The number of aryl methyl sites for hydroxylation is 1. The highest BCUT2D eigenvalue weighted by molar-refractivity contribution is 5.81. The Morgan fingerprint density at radius 2 is 1.93 bits per heavy atom. The van der Waals surface area contributed by atoms with Gasteiger partial charge in [-0.3, -0.25) is 14.5 Å². The van der Waals surface area contributed by atoms with Gasteiger partial charge < -0.3 is 14.6 Å². The Morgan fingerprint density at radius 1 is 1.21 bits per heavy atom. The van der Waals surface area contributed by atoms with Crippen molar-refractivity contribution in [1.29, 1.82) is 0 Å². The number of hydrogen-bond donors (Lipinski definition) is 1. The van der Waals surface area contributed by atoms with E-state index in [1.807, 2.05) is 23.1 Å². The lowest BCUT2D eigenvalue weighted by Gasteiger charge is -2.44. The molecule has 6 nitrogen and oxygen atoms in total. The summed E-state index contributed by atoms with van der Waals surface area (Å²) in [7, 11) is 0. The van der Waals surface area contributed by atoms with Crippen LogP contribution in [0.4, 0.5) is 0 Å². The standard InChI is InChI=1S/C22H29N3O3/c1-15-19-6-4-5-7-20(19)28-21(15)14-25-13-18(23-16(2)26)12-22(25)8-10-24(11-9-22)17(3)27/h4-7,18H,8-14H2,1-3H3,(H,23,26)/t18-/m1/s1. The van der Waals surface area contributed by atoms with Crippen LogP contribution in [0.25, 0.3) is 11.0 Å². The second kappa shape index (κ2) is 7.24. The van der Waals surface area contributed by atoms with Crippen molar-refractivity contribution in [2.24, 2.45) is 0 Å². The molecular formula is C22H29N3O3. The molecule has 2 saturated heterocycles. The summed E-state index contributed by atoms with van der Waals surface area (Å²) >= 11 is 0. The molecular weight excluding hydrogens is 354 g/mol. The monoisotopic (exact) mass is 383 g/mol. The molecule has 3 heterocycles. The predicted octanol–water partition coefficient (Wildman–Crippen LogP) is 2.83. The molecule has 0 saturated carbocycles. The van der Waals surface area contributed by atoms with Crippen molar-refractivity contribution in [3.05, 3.63) is 35.6 Å². The van der Waals surface area contributed by atoms with Gasteiger partial charge in [-0.2, -0.15) is 0 Å². The molecule has 6 heteroatoms. The van der Waals surface area contributed by atoms with E-state index in [1.165, 1.54) is 5.56 Å². The lowest BCUT2D eigenvalue weighted by atomic mass is 9.84. The number of amides is 2. The van der Waals surface area contributed by atoms with Gasteiger partial charge in [0.1, 0.15) is 11.3 Å². The summed E-state index contributed by atoms with van der Waals surface area (Å²) in [5.74, 6) is 1.16. The lowest BCUT2D eigenvalue weighted by Crippen LogP contribution is -2.52. The van der Waals surface area contributed by atoms with E-state index in [1.54, 1.807) is 13.8 Å². The summed E-state index contributed by atoms with van der Waals surface area (Å²) < 4.78 is 6.18. The smallest absolute Gasteiger partial charge is 0.219 e. The van der Waals surface area contributed by atoms with Gasteiger partial charge >= 0.3 is 0 Å². The molecule has 0 radical (unpaired) electrons. The topological polar surface area (TPSA) is 65.8 Å². The number of furan rings is 1. The van der Waals surface area contributed by atoms with Crippen LogP contribution in [0.15, 0.2) is 28.7 Å². The van der Waals surface area contributed by atoms with Crippen LogP contribution in [0.2, 0.25) is 0 Å². The summed E-state index contributed by atoms with van der Waals surface area (Å²) in [6, 6.07) is 8.29. The molecule has 2 aromatic rings. The van der Waals surface area contributed by atoms with Crippen LogP contribution in [-0.2, 0) is 16.1 Å². The van der Waals surface area contributed by atoms with E-state index in [0.717, 1.165) is 62.2 Å². The van der Waals surface area contributed by atoms with Gasteiger partial charge in [0, 0.05) is 50.4 Å². The molecule has 2 aliphatic heterocycles. The minimum Gasteiger partial charge on any atom is -0.459 e. The fourth-order valence-corrected chi connectivity index (χ4v) is 5.04. The quantitative estimate of drug-likeness (QED) is 0.885. The SMILES string of the molecule is CC(=O)N[C@H]1CN(Cc2oc3ccccc3c2C)C2(CCN(C(C)=O)CC2)C1. The third-order valence-electron chi connectivity index (χ3n) is 6.56. The Morgan fingerprint density at radius 3 is 2.57 bits per heavy atom. The van der Waals surface area contributed by atoms with Gasteiger partial charge in [-0.05, 0) is 37.8 Å². The first kappa shape index (κ1) is 19.0. The molecule has 150 valence electrons. The van der Waals surface area contributed by atoms with Crippen molar-refractivity contribution in [2.75, 3.05) is 19.6 Å². The number of rotatable bonds is 3. The van der Waals surface area contributed by atoms with E-state index < -0.39 is 0 Å². The van der Waals surface area contributed by atoms with Crippen LogP contribution in [0.3, 0.4) is 0 Å². The average molecular weight is 383 g/mol. The minimum absolute atomic E-state index is 0.00445. The van der Waals surface area contributed by atoms with Gasteiger partial charge in [-0.15, -0.1) is 0 Å².